The van der Waals surface area contributed by atoms with Crippen LogP contribution in [0, 0.1) is 5.92 Å². The summed E-state index contributed by atoms with van der Waals surface area (Å²) in [7, 11) is 0. The van der Waals surface area contributed by atoms with E-state index >= 15 is 0 Å². The molecule has 0 bridgehead atoms. The Bertz CT molecular complexity index is 480. The minimum absolute atomic E-state index is 0. The summed E-state index contributed by atoms with van der Waals surface area (Å²) in [4.78, 5) is 9.85. The largest absolute Gasteiger partial charge is 0.374 e. The molecule has 0 aromatic carbocycles. The first-order valence-corrected chi connectivity index (χ1v) is 10.9. The van der Waals surface area contributed by atoms with Crippen LogP contribution in [-0.4, -0.2) is 99.6 Å². The van der Waals surface area contributed by atoms with Crippen molar-refractivity contribution in [2.75, 3.05) is 65.6 Å². The van der Waals surface area contributed by atoms with Crippen LogP contribution in [0.4, 0.5) is 0 Å². The molecule has 164 valence electrons. The summed E-state index contributed by atoms with van der Waals surface area (Å²) in [6.07, 6.45) is 3.03. The standard InChI is InChI=1S/C20H39N5O2.HI/c1-4-21-20(22-10-18-13-24(8-9-26-18)12-16(2)3)23-11-19-14-25-7-5-6-17(25)15-27-19;/h16-19H,4-15H2,1-3H3,(H2,21,22,23);1H. The second kappa shape index (κ2) is 12.5. The maximum atomic E-state index is 6.05. The number of aliphatic imine (C=N–C) groups is 1. The molecule has 28 heavy (non-hydrogen) atoms. The number of hydrogen-bond acceptors (Lipinski definition) is 5. The zero-order valence-electron chi connectivity index (χ0n) is 17.9. The number of morpholine rings is 2. The van der Waals surface area contributed by atoms with E-state index in [2.05, 4.69) is 41.2 Å². The van der Waals surface area contributed by atoms with Crippen molar-refractivity contribution in [2.24, 2.45) is 10.9 Å². The molecular formula is C20H40IN5O2. The lowest BCUT2D eigenvalue weighted by Gasteiger charge is -2.35. The third-order valence-electron chi connectivity index (χ3n) is 5.60. The molecule has 3 heterocycles. The molecule has 3 rings (SSSR count). The molecule has 2 N–H and O–H groups in total. The molecule has 7 nitrogen and oxygen atoms in total. The number of hydrogen-bond donors (Lipinski definition) is 2. The Labute approximate surface area is 188 Å². The van der Waals surface area contributed by atoms with Gasteiger partial charge in [-0.1, -0.05) is 13.8 Å². The monoisotopic (exact) mass is 509 g/mol. The van der Waals surface area contributed by atoms with Gasteiger partial charge in [0.05, 0.1) is 32.0 Å². The highest BCUT2D eigenvalue weighted by Gasteiger charge is 2.32. The van der Waals surface area contributed by atoms with Gasteiger partial charge in [0, 0.05) is 45.3 Å². The first kappa shape index (κ1) is 24.1. The number of guanidine groups is 1. The maximum absolute atomic E-state index is 6.05. The highest BCUT2D eigenvalue weighted by atomic mass is 127. The van der Waals surface area contributed by atoms with Crippen molar-refractivity contribution >= 4 is 29.9 Å². The Morgan fingerprint density at radius 3 is 2.79 bits per heavy atom. The first-order chi connectivity index (χ1) is 13.1. The number of halogens is 1. The normalized spacial score (nSPS) is 29.4. The molecule has 3 aliphatic rings. The first-order valence-electron chi connectivity index (χ1n) is 10.9. The molecule has 0 amide bonds. The average molecular weight is 509 g/mol. The minimum Gasteiger partial charge on any atom is -0.374 e. The smallest absolute Gasteiger partial charge is 0.191 e. The molecule has 0 aromatic rings. The summed E-state index contributed by atoms with van der Waals surface area (Å²) in [5.41, 5.74) is 0. The van der Waals surface area contributed by atoms with Crippen molar-refractivity contribution in [3.63, 3.8) is 0 Å². The number of nitrogens with one attached hydrogen (secondary N) is 2. The lowest BCUT2D eigenvalue weighted by atomic mass is 10.2. The van der Waals surface area contributed by atoms with Crippen molar-refractivity contribution in [3.8, 4) is 0 Å². The lowest BCUT2D eigenvalue weighted by Crippen LogP contribution is -2.51. The van der Waals surface area contributed by atoms with Crippen LogP contribution in [0.2, 0.25) is 0 Å². The van der Waals surface area contributed by atoms with Crippen molar-refractivity contribution < 1.29 is 9.47 Å². The van der Waals surface area contributed by atoms with Crippen molar-refractivity contribution in [3.05, 3.63) is 0 Å². The van der Waals surface area contributed by atoms with Crippen molar-refractivity contribution in [2.45, 2.75) is 51.9 Å². The van der Waals surface area contributed by atoms with E-state index in [-0.39, 0.29) is 36.2 Å². The third-order valence-corrected chi connectivity index (χ3v) is 5.60. The minimum atomic E-state index is 0. The lowest BCUT2D eigenvalue weighted by molar-refractivity contribution is -0.0453. The van der Waals surface area contributed by atoms with E-state index in [4.69, 9.17) is 14.5 Å². The quantitative estimate of drug-likeness (QED) is 0.307. The van der Waals surface area contributed by atoms with Crippen LogP contribution in [0.3, 0.4) is 0 Å². The van der Waals surface area contributed by atoms with Crippen LogP contribution in [-0.2, 0) is 9.47 Å². The second-order valence-corrected chi connectivity index (χ2v) is 8.49. The Kier molecular flexibility index (Phi) is 10.8. The molecular weight excluding hydrogens is 469 g/mol. The van der Waals surface area contributed by atoms with E-state index in [1.165, 1.54) is 19.4 Å². The topological polar surface area (TPSA) is 61.4 Å². The van der Waals surface area contributed by atoms with Gasteiger partial charge in [0.25, 0.3) is 0 Å². The molecule has 0 aromatic heterocycles. The summed E-state index contributed by atoms with van der Waals surface area (Å²) in [6, 6.07) is 0.653. The van der Waals surface area contributed by atoms with Gasteiger partial charge in [0.15, 0.2) is 5.96 Å². The van der Waals surface area contributed by atoms with Gasteiger partial charge < -0.3 is 20.1 Å². The maximum Gasteiger partial charge on any atom is 0.191 e. The number of fused-ring (bicyclic) bond motifs is 1. The van der Waals surface area contributed by atoms with Crippen molar-refractivity contribution in [1.82, 2.24) is 20.4 Å². The van der Waals surface area contributed by atoms with E-state index < -0.39 is 0 Å². The zero-order valence-corrected chi connectivity index (χ0v) is 20.2. The van der Waals surface area contributed by atoms with Crippen LogP contribution in [0.5, 0.6) is 0 Å². The van der Waals surface area contributed by atoms with Gasteiger partial charge in [-0.05, 0) is 32.2 Å². The van der Waals surface area contributed by atoms with Gasteiger partial charge in [-0.25, -0.2) is 0 Å². The molecule has 0 spiro atoms. The summed E-state index contributed by atoms with van der Waals surface area (Å²) < 4.78 is 12.0. The van der Waals surface area contributed by atoms with Crippen LogP contribution in [0.25, 0.3) is 0 Å². The Morgan fingerprint density at radius 2 is 2.00 bits per heavy atom. The van der Waals surface area contributed by atoms with Gasteiger partial charge >= 0.3 is 0 Å². The summed E-state index contributed by atoms with van der Waals surface area (Å²) >= 11 is 0. The summed E-state index contributed by atoms with van der Waals surface area (Å²) in [6.45, 7) is 16.1. The molecule has 3 saturated heterocycles. The number of rotatable bonds is 7. The summed E-state index contributed by atoms with van der Waals surface area (Å²) in [5, 5.41) is 6.82. The van der Waals surface area contributed by atoms with Crippen LogP contribution in [0.15, 0.2) is 4.99 Å². The third kappa shape index (κ3) is 7.59. The molecule has 3 aliphatic heterocycles. The van der Waals surface area contributed by atoms with E-state index in [9.17, 15) is 0 Å². The van der Waals surface area contributed by atoms with E-state index in [0.717, 1.165) is 58.4 Å². The fraction of sp³-hybridized carbons (Fsp3) is 0.950. The van der Waals surface area contributed by atoms with Gasteiger partial charge in [-0.15, -0.1) is 24.0 Å². The second-order valence-electron chi connectivity index (χ2n) is 8.49. The van der Waals surface area contributed by atoms with Crippen molar-refractivity contribution in [1.29, 1.82) is 0 Å². The van der Waals surface area contributed by atoms with Crippen LogP contribution < -0.4 is 10.6 Å². The van der Waals surface area contributed by atoms with Crippen LogP contribution >= 0.6 is 24.0 Å². The van der Waals surface area contributed by atoms with E-state index in [0.29, 0.717) is 18.5 Å². The van der Waals surface area contributed by atoms with E-state index in [1.807, 2.05) is 0 Å². The van der Waals surface area contributed by atoms with Gasteiger partial charge in [-0.3, -0.25) is 14.8 Å². The number of nitrogens with zero attached hydrogens (tertiary/aromatic N) is 3. The van der Waals surface area contributed by atoms with Gasteiger partial charge in [0.1, 0.15) is 0 Å². The predicted molar refractivity (Wildman–Crippen MR) is 125 cm³/mol. The highest BCUT2D eigenvalue weighted by molar-refractivity contribution is 14.0. The highest BCUT2D eigenvalue weighted by Crippen LogP contribution is 2.22. The molecule has 3 atom stereocenters. The molecule has 0 saturated carbocycles. The van der Waals surface area contributed by atoms with Crippen LogP contribution in [0.1, 0.15) is 33.6 Å². The molecule has 3 unspecified atom stereocenters. The Balaban J connectivity index is 0.00000280. The SMILES string of the molecule is CCNC(=NCC1CN(CC(C)C)CCO1)NCC1CN2CCCC2CO1.I. The molecule has 0 aliphatic carbocycles. The zero-order chi connectivity index (χ0) is 19.1. The molecule has 3 fully saturated rings. The average Bonchev–Trinajstić information content (AvgIpc) is 3.11. The molecule has 8 heteroatoms. The fourth-order valence-electron chi connectivity index (χ4n) is 4.33. The summed E-state index contributed by atoms with van der Waals surface area (Å²) in [5.74, 6) is 1.56. The predicted octanol–water partition coefficient (Wildman–Crippen LogP) is 1.38. The van der Waals surface area contributed by atoms with E-state index in [1.54, 1.807) is 0 Å². The van der Waals surface area contributed by atoms with Gasteiger partial charge in [0.2, 0.25) is 0 Å². The van der Waals surface area contributed by atoms with Gasteiger partial charge in [-0.2, -0.15) is 0 Å². The number of ether oxygens (including phenoxy) is 2. The Morgan fingerprint density at radius 1 is 1.14 bits per heavy atom. The molecule has 0 radical (unpaired) electrons. The fourth-order valence-corrected chi connectivity index (χ4v) is 4.33. The Hall–Kier alpha value is -0.160.